The van der Waals surface area contributed by atoms with Gasteiger partial charge in [0, 0.05) is 13.1 Å². The van der Waals surface area contributed by atoms with Crippen molar-refractivity contribution >= 4 is 46.1 Å². The summed E-state index contributed by atoms with van der Waals surface area (Å²) >= 11 is 5.87. The van der Waals surface area contributed by atoms with E-state index in [0.717, 1.165) is 0 Å². The Hall–Kier alpha value is -3.20. The maximum Gasteiger partial charge on any atom is 0.407 e. The predicted molar refractivity (Wildman–Crippen MR) is 117 cm³/mol. The summed E-state index contributed by atoms with van der Waals surface area (Å²) in [6.45, 7) is 6.65. The van der Waals surface area contributed by atoms with Crippen molar-refractivity contribution in [2.45, 2.75) is 32.4 Å². The van der Waals surface area contributed by atoms with Gasteiger partial charge < -0.3 is 20.3 Å². The van der Waals surface area contributed by atoms with E-state index in [1.165, 1.54) is 12.4 Å². The molecule has 0 radical (unpaired) electrons. The number of nitrogens with zero attached hydrogens (tertiary/aromatic N) is 4. The van der Waals surface area contributed by atoms with Gasteiger partial charge in [-0.05, 0) is 45.0 Å². The summed E-state index contributed by atoms with van der Waals surface area (Å²) in [4.78, 5) is 27.0. The van der Waals surface area contributed by atoms with E-state index in [4.69, 9.17) is 16.3 Å². The molecule has 31 heavy (non-hydrogen) atoms. The number of carbonyl (C=O) groups excluding carboxylic acids is 1. The number of carbonyl (C=O) groups is 1. The molecule has 4 rings (SSSR count). The van der Waals surface area contributed by atoms with Crippen LogP contribution in [0.4, 0.5) is 26.5 Å². The van der Waals surface area contributed by atoms with Crippen LogP contribution in [0.3, 0.4) is 0 Å². The molecule has 0 aliphatic carbocycles. The van der Waals surface area contributed by atoms with E-state index in [0.29, 0.717) is 35.8 Å². The molecule has 1 amide bonds. The second-order valence-corrected chi connectivity index (χ2v) is 8.64. The zero-order chi connectivity index (χ0) is 22.2. The third-order valence-electron chi connectivity index (χ3n) is 4.60. The van der Waals surface area contributed by atoms with E-state index in [1.54, 1.807) is 12.1 Å². The smallest absolute Gasteiger partial charge is 0.407 e. The molecule has 0 bridgehead atoms. The molecule has 0 spiro atoms. The van der Waals surface area contributed by atoms with Crippen molar-refractivity contribution in [2.24, 2.45) is 0 Å². The number of nitrogens with one attached hydrogen (secondary N) is 2. The molecule has 1 aliphatic rings. The Kier molecular flexibility index (Phi) is 5.53. The monoisotopic (exact) mass is 444 g/mol. The molecule has 8 nitrogen and oxygen atoms in total. The number of halogens is 2. The molecule has 2 N–H and O–H groups in total. The van der Waals surface area contributed by atoms with E-state index < -0.39 is 17.5 Å². The molecule has 0 saturated carbocycles. The molecular formula is C21H22ClFN6O2. The van der Waals surface area contributed by atoms with Crippen LogP contribution in [-0.2, 0) is 4.74 Å². The normalized spacial score (nSPS) is 14.3. The van der Waals surface area contributed by atoms with E-state index in [-0.39, 0.29) is 16.8 Å². The topological polar surface area (TPSA) is 92.3 Å². The number of ether oxygens (including phenoxy) is 1. The van der Waals surface area contributed by atoms with Crippen LogP contribution < -0.4 is 15.5 Å². The summed E-state index contributed by atoms with van der Waals surface area (Å²) in [5.41, 5.74) is 0.778. The molecule has 0 unspecified atom stereocenters. The van der Waals surface area contributed by atoms with E-state index in [2.05, 4.69) is 25.6 Å². The standard InChI is InChI=1S/C21H22ClFN6O2/c1-21(2,3)31-20(30)26-12-9-29(10-12)16-8-7-15-18(28-16)19(25-11-24-15)27-14-6-4-5-13(22)17(14)23/h4-8,11-12H,9-10H2,1-3H3,(H,26,30)(H,24,25,27). The quantitative estimate of drug-likeness (QED) is 0.620. The number of benzene rings is 1. The number of hydrogen-bond acceptors (Lipinski definition) is 7. The lowest BCUT2D eigenvalue weighted by Crippen LogP contribution is -2.60. The zero-order valence-corrected chi connectivity index (χ0v) is 18.1. The highest BCUT2D eigenvalue weighted by Gasteiger charge is 2.31. The Morgan fingerprint density at radius 3 is 2.74 bits per heavy atom. The molecule has 3 heterocycles. The number of alkyl carbamates (subject to hydrolysis) is 1. The van der Waals surface area contributed by atoms with Gasteiger partial charge in [-0.1, -0.05) is 17.7 Å². The summed E-state index contributed by atoms with van der Waals surface area (Å²) < 4.78 is 19.6. The summed E-state index contributed by atoms with van der Waals surface area (Å²) in [5, 5.41) is 5.81. The lowest BCUT2D eigenvalue weighted by Gasteiger charge is -2.40. The lowest BCUT2D eigenvalue weighted by atomic mass is 10.1. The Labute approximate surface area is 183 Å². The SMILES string of the molecule is CC(C)(C)OC(=O)NC1CN(c2ccc3ncnc(Nc4cccc(Cl)c4F)c3n2)C1. The molecule has 3 aromatic rings. The van der Waals surface area contributed by atoms with Crippen molar-refractivity contribution in [3.63, 3.8) is 0 Å². The van der Waals surface area contributed by atoms with E-state index in [1.807, 2.05) is 37.8 Å². The minimum atomic E-state index is -0.564. The Morgan fingerprint density at radius 1 is 1.23 bits per heavy atom. The van der Waals surface area contributed by atoms with Gasteiger partial charge in [0.15, 0.2) is 11.6 Å². The predicted octanol–water partition coefficient (Wildman–Crippen LogP) is 4.27. The highest BCUT2D eigenvalue weighted by atomic mass is 35.5. The van der Waals surface area contributed by atoms with Crippen LogP contribution >= 0.6 is 11.6 Å². The van der Waals surface area contributed by atoms with Gasteiger partial charge in [0.2, 0.25) is 0 Å². The van der Waals surface area contributed by atoms with Gasteiger partial charge >= 0.3 is 6.09 Å². The largest absolute Gasteiger partial charge is 0.444 e. The van der Waals surface area contributed by atoms with Crippen LogP contribution in [0.5, 0.6) is 0 Å². The van der Waals surface area contributed by atoms with Gasteiger partial charge in [0.25, 0.3) is 0 Å². The molecule has 2 aromatic heterocycles. The van der Waals surface area contributed by atoms with Gasteiger partial charge in [-0.15, -0.1) is 0 Å². The minimum absolute atomic E-state index is 0.0149. The number of anilines is 3. The van der Waals surface area contributed by atoms with E-state index >= 15 is 0 Å². The second-order valence-electron chi connectivity index (χ2n) is 8.23. The number of pyridine rings is 1. The van der Waals surface area contributed by atoms with Gasteiger partial charge in [0.05, 0.1) is 22.3 Å². The summed E-state index contributed by atoms with van der Waals surface area (Å²) in [5.74, 6) is 0.516. The van der Waals surface area contributed by atoms with Crippen LogP contribution in [0.25, 0.3) is 11.0 Å². The third kappa shape index (κ3) is 4.77. The molecule has 10 heteroatoms. The maximum absolute atomic E-state index is 14.3. The number of fused-ring (bicyclic) bond motifs is 1. The molecule has 162 valence electrons. The third-order valence-corrected chi connectivity index (χ3v) is 4.89. The van der Waals surface area contributed by atoms with Crippen LogP contribution in [0, 0.1) is 5.82 Å². The fraction of sp³-hybridized carbons (Fsp3) is 0.333. The molecule has 0 atom stereocenters. The van der Waals surface area contributed by atoms with Crippen LogP contribution in [0.2, 0.25) is 5.02 Å². The maximum atomic E-state index is 14.3. The van der Waals surface area contributed by atoms with Crippen molar-refractivity contribution in [1.82, 2.24) is 20.3 Å². The molecular weight excluding hydrogens is 423 g/mol. The summed E-state index contributed by atoms with van der Waals surface area (Å²) in [6, 6.07) is 8.34. The molecule has 1 aromatic carbocycles. The van der Waals surface area contributed by atoms with E-state index in [9.17, 15) is 9.18 Å². The van der Waals surface area contributed by atoms with Crippen LogP contribution in [0.15, 0.2) is 36.7 Å². The number of aromatic nitrogens is 3. The molecule has 1 aliphatic heterocycles. The number of hydrogen-bond donors (Lipinski definition) is 2. The van der Waals surface area contributed by atoms with Crippen LogP contribution in [-0.4, -0.2) is 45.8 Å². The van der Waals surface area contributed by atoms with Gasteiger partial charge in [0.1, 0.15) is 23.3 Å². The zero-order valence-electron chi connectivity index (χ0n) is 17.3. The Morgan fingerprint density at radius 2 is 2.00 bits per heavy atom. The Bertz CT molecular complexity index is 1130. The van der Waals surface area contributed by atoms with Crippen molar-refractivity contribution in [3.05, 3.63) is 47.5 Å². The molecule has 1 saturated heterocycles. The van der Waals surface area contributed by atoms with Gasteiger partial charge in [-0.25, -0.2) is 24.1 Å². The minimum Gasteiger partial charge on any atom is -0.444 e. The molecule has 1 fully saturated rings. The van der Waals surface area contributed by atoms with Crippen molar-refractivity contribution in [3.8, 4) is 0 Å². The fourth-order valence-electron chi connectivity index (χ4n) is 3.16. The number of rotatable bonds is 4. The Balaban J connectivity index is 1.49. The first-order valence-electron chi connectivity index (χ1n) is 9.77. The van der Waals surface area contributed by atoms with Crippen molar-refractivity contribution < 1.29 is 13.9 Å². The first-order valence-corrected chi connectivity index (χ1v) is 10.1. The average Bonchev–Trinajstić information content (AvgIpc) is 2.66. The van der Waals surface area contributed by atoms with Crippen LogP contribution in [0.1, 0.15) is 20.8 Å². The first kappa shape index (κ1) is 21.0. The van der Waals surface area contributed by atoms with Crippen molar-refractivity contribution in [2.75, 3.05) is 23.3 Å². The first-order chi connectivity index (χ1) is 14.7. The second kappa shape index (κ2) is 8.14. The fourth-order valence-corrected chi connectivity index (χ4v) is 3.33. The number of amides is 1. The van der Waals surface area contributed by atoms with Gasteiger partial charge in [-0.3, -0.25) is 0 Å². The summed E-state index contributed by atoms with van der Waals surface area (Å²) in [6.07, 6.45) is 0.950. The average molecular weight is 445 g/mol. The highest BCUT2D eigenvalue weighted by Crippen LogP contribution is 2.29. The van der Waals surface area contributed by atoms with Crippen molar-refractivity contribution in [1.29, 1.82) is 0 Å². The van der Waals surface area contributed by atoms with Gasteiger partial charge in [-0.2, -0.15) is 0 Å². The lowest BCUT2D eigenvalue weighted by molar-refractivity contribution is 0.0496. The summed E-state index contributed by atoms with van der Waals surface area (Å²) in [7, 11) is 0. The highest BCUT2D eigenvalue weighted by molar-refractivity contribution is 6.31.